The molecule has 2 atom stereocenters. The molecule has 1 saturated carbocycles. The summed E-state index contributed by atoms with van der Waals surface area (Å²) in [7, 11) is 0. The summed E-state index contributed by atoms with van der Waals surface area (Å²) >= 11 is 0. The van der Waals surface area contributed by atoms with Gasteiger partial charge in [-0.3, -0.25) is 4.90 Å². The van der Waals surface area contributed by atoms with Gasteiger partial charge in [0.25, 0.3) is 0 Å². The number of epoxide rings is 1. The second-order valence-corrected chi connectivity index (χ2v) is 4.58. The standard InChI is InChI=1S/C12H23NO/c1-3-13(4-2)12-10-8-6-5-7-9-11(12)14-12/h11H,3-10H2,1-2H3. The molecule has 0 radical (unpaired) electrons. The molecular weight excluding hydrogens is 174 g/mol. The van der Waals surface area contributed by atoms with E-state index in [2.05, 4.69) is 18.7 Å². The van der Waals surface area contributed by atoms with Gasteiger partial charge in [-0.05, 0) is 32.4 Å². The van der Waals surface area contributed by atoms with Crippen molar-refractivity contribution in [3.8, 4) is 0 Å². The van der Waals surface area contributed by atoms with Crippen LogP contribution in [0.25, 0.3) is 0 Å². The third-order valence-corrected chi connectivity index (χ3v) is 3.84. The minimum absolute atomic E-state index is 0.171. The van der Waals surface area contributed by atoms with Crippen LogP contribution in [-0.2, 0) is 4.74 Å². The van der Waals surface area contributed by atoms with Crippen LogP contribution in [0.3, 0.4) is 0 Å². The zero-order valence-electron chi connectivity index (χ0n) is 9.59. The first-order chi connectivity index (χ1) is 6.83. The highest BCUT2D eigenvalue weighted by molar-refractivity contribution is 5.02. The minimum atomic E-state index is 0.171. The molecule has 1 saturated heterocycles. The van der Waals surface area contributed by atoms with E-state index in [9.17, 15) is 0 Å². The second kappa shape index (κ2) is 4.19. The van der Waals surface area contributed by atoms with Gasteiger partial charge in [0, 0.05) is 0 Å². The fourth-order valence-corrected chi connectivity index (χ4v) is 2.97. The SMILES string of the molecule is CCN(CC)C12CCCCCCC1O2. The summed E-state index contributed by atoms with van der Waals surface area (Å²) in [5.41, 5.74) is 0.171. The lowest BCUT2D eigenvalue weighted by molar-refractivity contribution is 0.0774. The van der Waals surface area contributed by atoms with Crippen molar-refractivity contribution < 1.29 is 4.74 Å². The molecule has 14 heavy (non-hydrogen) atoms. The largest absolute Gasteiger partial charge is 0.350 e. The zero-order chi connectivity index (χ0) is 10.0. The quantitative estimate of drug-likeness (QED) is 0.647. The molecule has 2 fully saturated rings. The molecule has 2 heteroatoms. The summed E-state index contributed by atoms with van der Waals surface area (Å²) in [4.78, 5) is 2.52. The zero-order valence-corrected chi connectivity index (χ0v) is 9.59. The van der Waals surface area contributed by atoms with Gasteiger partial charge in [0.15, 0.2) is 0 Å². The molecule has 0 amide bonds. The summed E-state index contributed by atoms with van der Waals surface area (Å²) < 4.78 is 6.00. The summed E-state index contributed by atoms with van der Waals surface area (Å²) in [6.07, 6.45) is 8.65. The molecule has 82 valence electrons. The Morgan fingerprint density at radius 3 is 2.57 bits per heavy atom. The van der Waals surface area contributed by atoms with Gasteiger partial charge in [-0.1, -0.05) is 33.1 Å². The van der Waals surface area contributed by atoms with E-state index in [1.54, 1.807) is 0 Å². The van der Waals surface area contributed by atoms with E-state index in [-0.39, 0.29) is 5.72 Å². The Balaban J connectivity index is 2.00. The Labute approximate surface area is 87.6 Å². The highest BCUT2D eigenvalue weighted by atomic mass is 16.6. The first-order valence-corrected chi connectivity index (χ1v) is 6.26. The van der Waals surface area contributed by atoms with Gasteiger partial charge in [-0.25, -0.2) is 0 Å². The van der Waals surface area contributed by atoms with Crippen molar-refractivity contribution in [2.24, 2.45) is 0 Å². The maximum absolute atomic E-state index is 6.00. The molecule has 2 aliphatic rings. The van der Waals surface area contributed by atoms with Crippen molar-refractivity contribution in [3.05, 3.63) is 0 Å². The number of hydrogen-bond donors (Lipinski definition) is 0. The smallest absolute Gasteiger partial charge is 0.148 e. The summed E-state index contributed by atoms with van der Waals surface area (Å²) in [5.74, 6) is 0. The maximum Gasteiger partial charge on any atom is 0.148 e. The van der Waals surface area contributed by atoms with Gasteiger partial charge in [-0.2, -0.15) is 0 Å². The Morgan fingerprint density at radius 1 is 1.14 bits per heavy atom. The van der Waals surface area contributed by atoms with E-state index in [0.717, 1.165) is 13.1 Å². The molecule has 0 N–H and O–H groups in total. The Morgan fingerprint density at radius 2 is 1.86 bits per heavy atom. The number of hydrogen-bond acceptors (Lipinski definition) is 2. The van der Waals surface area contributed by atoms with Crippen molar-refractivity contribution in [1.29, 1.82) is 0 Å². The molecule has 2 unspecified atom stereocenters. The first-order valence-electron chi connectivity index (χ1n) is 6.26. The third-order valence-electron chi connectivity index (χ3n) is 3.84. The highest BCUT2D eigenvalue weighted by Crippen LogP contribution is 2.47. The van der Waals surface area contributed by atoms with Crippen LogP contribution in [0.2, 0.25) is 0 Å². The molecule has 1 aliphatic heterocycles. The first kappa shape index (κ1) is 10.4. The molecule has 0 bridgehead atoms. The van der Waals surface area contributed by atoms with Crippen molar-refractivity contribution in [1.82, 2.24) is 4.90 Å². The molecule has 2 rings (SSSR count). The van der Waals surface area contributed by atoms with E-state index < -0.39 is 0 Å². The van der Waals surface area contributed by atoms with E-state index in [4.69, 9.17) is 4.74 Å². The van der Waals surface area contributed by atoms with Gasteiger partial charge < -0.3 is 4.74 Å². The fourth-order valence-electron chi connectivity index (χ4n) is 2.97. The lowest BCUT2D eigenvalue weighted by Crippen LogP contribution is -2.40. The molecule has 0 aromatic carbocycles. The van der Waals surface area contributed by atoms with Crippen LogP contribution in [0.15, 0.2) is 0 Å². The van der Waals surface area contributed by atoms with Crippen LogP contribution in [0.1, 0.15) is 52.4 Å². The Kier molecular flexibility index (Phi) is 3.13. The van der Waals surface area contributed by atoms with Crippen molar-refractivity contribution >= 4 is 0 Å². The van der Waals surface area contributed by atoms with Crippen LogP contribution in [0.5, 0.6) is 0 Å². The van der Waals surface area contributed by atoms with Crippen molar-refractivity contribution in [2.75, 3.05) is 13.1 Å². The van der Waals surface area contributed by atoms with E-state index in [0.29, 0.717) is 6.10 Å². The number of likely N-dealkylation sites (N-methyl/N-ethyl adjacent to an activating group) is 1. The van der Waals surface area contributed by atoms with Crippen LogP contribution in [-0.4, -0.2) is 29.8 Å². The lowest BCUT2D eigenvalue weighted by atomic mass is 9.95. The van der Waals surface area contributed by atoms with Crippen LogP contribution < -0.4 is 0 Å². The summed E-state index contributed by atoms with van der Waals surface area (Å²) in [6.45, 7) is 6.76. The molecular formula is C12H23NO. The number of ether oxygens (including phenoxy) is 1. The number of nitrogens with zero attached hydrogens (tertiary/aromatic N) is 1. The van der Waals surface area contributed by atoms with Crippen LogP contribution >= 0.6 is 0 Å². The van der Waals surface area contributed by atoms with Gasteiger partial charge in [-0.15, -0.1) is 0 Å². The molecule has 1 aliphatic carbocycles. The van der Waals surface area contributed by atoms with Gasteiger partial charge >= 0.3 is 0 Å². The topological polar surface area (TPSA) is 15.8 Å². The van der Waals surface area contributed by atoms with E-state index in [1.165, 1.54) is 38.5 Å². The van der Waals surface area contributed by atoms with Gasteiger partial charge in [0.2, 0.25) is 0 Å². The average Bonchev–Trinajstić information content (AvgIpc) is 2.82. The number of fused-ring (bicyclic) bond motifs is 1. The predicted molar refractivity (Wildman–Crippen MR) is 58.2 cm³/mol. The van der Waals surface area contributed by atoms with Gasteiger partial charge in [0.1, 0.15) is 11.8 Å². The lowest BCUT2D eigenvalue weighted by Gasteiger charge is -2.28. The van der Waals surface area contributed by atoms with E-state index >= 15 is 0 Å². The van der Waals surface area contributed by atoms with Crippen molar-refractivity contribution in [2.45, 2.75) is 64.2 Å². The second-order valence-electron chi connectivity index (χ2n) is 4.58. The Bertz CT molecular complexity index is 191. The third kappa shape index (κ3) is 1.70. The average molecular weight is 197 g/mol. The summed E-state index contributed by atoms with van der Waals surface area (Å²) in [5, 5.41) is 0. The monoisotopic (exact) mass is 197 g/mol. The molecule has 0 aromatic heterocycles. The molecule has 0 aromatic rings. The van der Waals surface area contributed by atoms with Crippen LogP contribution in [0.4, 0.5) is 0 Å². The maximum atomic E-state index is 6.00. The highest BCUT2D eigenvalue weighted by Gasteiger charge is 2.58. The minimum Gasteiger partial charge on any atom is -0.350 e. The number of rotatable bonds is 3. The van der Waals surface area contributed by atoms with Gasteiger partial charge in [0.05, 0.1) is 0 Å². The van der Waals surface area contributed by atoms with E-state index in [1.807, 2.05) is 0 Å². The summed E-state index contributed by atoms with van der Waals surface area (Å²) in [6, 6.07) is 0. The van der Waals surface area contributed by atoms with Crippen molar-refractivity contribution in [3.63, 3.8) is 0 Å². The molecule has 2 nitrogen and oxygen atoms in total. The molecule has 1 heterocycles. The normalized spacial score (nSPS) is 37.5. The predicted octanol–water partition coefficient (Wildman–Crippen LogP) is 2.78. The van der Waals surface area contributed by atoms with Crippen LogP contribution in [0, 0.1) is 0 Å². The molecule has 0 spiro atoms. The fraction of sp³-hybridized carbons (Fsp3) is 1.00. The Hall–Kier alpha value is -0.0800.